The molecular formula is C21H17N3O4. The number of carbonyl (C=O) groups excluding carboxylic acids is 2. The molecule has 7 nitrogen and oxygen atoms in total. The summed E-state index contributed by atoms with van der Waals surface area (Å²) in [6, 6.07) is 14.6. The molecule has 2 amide bonds. The lowest BCUT2D eigenvalue weighted by Crippen LogP contribution is -2.26. The highest BCUT2D eigenvalue weighted by molar-refractivity contribution is 5.97. The highest BCUT2D eigenvalue weighted by atomic mass is 16.6. The van der Waals surface area contributed by atoms with E-state index in [1.54, 1.807) is 23.1 Å². The normalized spacial score (nSPS) is 18.7. The summed E-state index contributed by atoms with van der Waals surface area (Å²) in [6.45, 7) is 0.843. The number of ether oxygens (including phenoxy) is 1. The second-order valence-electron chi connectivity index (χ2n) is 6.93. The fraction of sp³-hybridized carbons (Fsp3) is 0.190. The Hall–Kier alpha value is -3.61. The van der Waals surface area contributed by atoms with Crippen LogP contribution in [-0.4, -0.2) is 35.2 Å². The van der Waals surface area contributed by atoms with Gasteiger partial charge in [-0.05, 0) is 29.8 Å². The Morgan fingerprint density at radius 2 is 2.04 bits per heavy atom. The minimum absolute atomic E-state index is 0.113. The van der Waals surface area contributed by atoms with Gasteiger partial charge < -0.3 is 15.2 Å². The molecule has 0 bridgehead atoms. The molecule has 7 heteroatoms. The molecule has 140 valence electrons. The summed E-state index contributed by atoms with van der Waals surface area (Å²) in [4.78, 5) is 30.3. The Bertz CT molecular complexity index is 1130. The monoisotopic (exact) mass is 375 g/mol. The van der Waals surface area contributed by atoms with E-state index in [1.807, 2.05) is 30.3 Å². The maximum absolute atomic E-state index is 12.3. The van der Waals surface area contributed by atoms with Crippen molar-refractivity contribution in [2.45, 2.75) is 12.3 Å². The molecule has 1 saturated heterocycles. The van der Waals surface area contributed by atoms with Gasteiger partial charge in [0.15, 0.2) is 0 Å². The van der Waals surface area contributed by atoms with Gasteiger partial charge in [-0.2, -0.15) is 0 Å². The molecule has 1 fully saturated rings. The molecular weight excluding hydrogens is 358 g/mol. The smallest absolute Gasteiger partial charge is 0.414 e. The van der Waals surface area contributed by atoms with Crippen molar-refractivity contribution in [1.82, 2.24) is 4.98 Å². The number of hydrogen-bond acceptors (Lipinski definition) is 5. The lowest BCUT2D eigenvalue weighted by molar-refractivity contribution is -0.116. The number of para-hydroxylation sites is 1. The zero-order chi connectivity index (χ0) is 19.3. The number of fused-ring (bicyclic) bond motifs is 2. The van der Waals surface area contributed by atoms with Crippen LogP contribution in [0.25, 0.3) is 10.9 Å². The van der Waals surface area contributed by atoms with E-state index >= 15 is 0 Å². The number of benzene rings is 2. The number of anilines is 2. The fourth-order valence-corrected chi connectivity index (χ4v) is 3.85. The van der Waals surface area contributed by atoms with Crippen LogP contribution >= 0.6 is 0 Å². The third-order valence-corrected chi connectivity index (χ3v) is 5.23. The summed E-state index contributed by atoms with van der Waals surface area (Å²) in [7, 11) is 0. The molecule has 28 heavy (non-hydrogen) atoms. The standard InChI is InChI=1S/C21H17N3O4/c25-18-3-1-2-12-4-7-16(23-20(12)18)15-11-19(26)22-17-10-13(5-6-14(15)17)24-8-9-28-21(24)27/h1-7,10,15,25H,8-9,11H2,(H,22,26)/t15-/m0/s1. The predicted molar refractivity (Wildman–Crippen MR) is 104 cm³/mol. The van der Waals surface area contributed by atoms with Gasteiger partial charge in [0.1, 0.15) is 17.9 Å². The van der Waals surface area contributed by atoms with Crippen molar-refractivity contribution in [1.29, 1.82) is 0 Å². The van der Waals surface area contributed by atoms with Crippen molar-refractivity contribution in [3.63, 3.8) is 0 Å². The van der Waals surface area contributed by atoms with E-state index in [1.165, 1.54) is 0 Å². The van der Waals surface area contributed by atoms with E-state index in [-0.39, 0.29) is 30.1 Å². The van der Waals surface area contributed by atoms with E-state index in [0.29, 0.717) is 30.0 Å². The minimum Gasteiger partial charge on any atom is -0.506 e. The van der Waals surface area contributed by atoms with E-state index in [0.717, 1.165) is 16.6 Å². The molecule has 0 unspecified atom stereocenters. The Labute approximate surface area is 160 Å². The van der Waals surface area contributed by atoms with Gasteiger partial charge >= 0.3 is 6.09 Å². The zero-order valence-electron chi connectivity index (χ0n) is 14.9. The first-order valence-corrected chi connectivity index (χ1v) is 9.07. The van der Waals surface area contributed by atoms with Crippen molar-refractivity contribution in [3.05, 3.63) is 59.8 Å². The van der Waals surface area contributed by atoms with Gasteiger partial charge in [0.2, 0.25) is 5.91 Å². The number of rotatable bonds is 2. The number of aromatic hydroxyl groups is 1. The van der Waals surface area contributed by atoms with Crippen LogP contribution < -0.4 is 10.2 Å². The molecule has 1 atom stereocenters. The second-order valence-corrected chi connectivity index (χ2v) is 6.93. The predicted octanol–water partition coefficient (Wildman–Crippen LogP) is 3.37. The lowest BCUT2D eigenvalue weighted by Gasteiger charge is -2.27. The van der Waals surface area contributed by atoms with Crippen LogP contribution in [0.4, 0.5) is 16.2 Å². The van der Waals surface area contributed by atoms with Crippen LogP contribution in [0.15, 0.2) is 48.5 Å². The molecule has 1 aromatic heterocycles. The highest BCUT2D eigenvalue weighted by Gasteiger charge is 2.30. The van der Waals surface area contributed by atoms with Crippen LogP contribution in [0.3, 0.4) is 0 Å². The number of phenolic OH excluding ortho intramolecular Hbond substituents is 1. The Balaban J connectivity index is 1.58. The van der Waals surface area contributed by atoms with Gasteiger partial charge in [0.25, 0.3) is 0 Å². The molecule has 3 aromatic rings. The summed E-state index contributed by atoms with van der Waals surface area (Å²) >= 11 is 0. The average molecular weight is 375 g/mol. The van der Waals surface area contributed by atoms with Crippen molar-refractivity contribution in [3.8, 4) is 5.75 Å². The fourth-order valence-electron chi connectivity index (χ4n) is 3.85. The van der Waals surface area contributed by atoms with Gasteiger partial charge in [-0.1, -0.05) is 24.3 Å². The van der Waals surface area contributed by atoms with Crippen LogP contribution in [0.2, 0.25) is 0 Å². The topological polar surface area (TPSA) is 91.8 Å². The number of hydrogen-bond donors (Lipinski definition) is 2. The van der Waals surface area contributed by atoms with Crippen molar-refractivity contribution >= 4 is 34.3 Å². The van der Waals surface area contributed by atoms with Crippen LogP contribution in [-0.2, 0) is 9.53 Å². The van der Waals surface area contributed by atoms with Gasteiger partial charge in [0, 0.05) is 34.8 Å². The van der Waals surface area contributed by atoms with E-state index in [9.17, 15) is 14.7 Å². The van der Waals surface area contributed by atoms with Crippen molar-refractivity contribution in [2.75, 3.05) is 23.4 Å². The summed E-state index contributed by atoms with van der Waals surface area (Å²) in [5, 5.41) is 13.9. The van der Waals surface area contributed by atoms with Crippen molar-refractivity contribution < 1.29 is 19.4 Å². The van der Waals surface area contributed by atoms with E-state index in [2.05, 4.69) is 10.3 Å². The van der Waals surface area contributed by atoms with E-state index < -0.39 is 0 Å². The molecule has 2 aliphatic heterocycles. The average Bonchev–Trinajstić information content (AvgIpc) is 3.13. The molecule has 0 radical (unpaired) electrons. The number of nitrogens with zero attached hydrogens (tertiary/aromatic N) is 2. The number of aromatic nitrogens is 1. The van der Waals surface area contributed by atoms with Crippen LogP contribution in [0, 0.1) is 0 Å². The van der Waals surface area contributed by atoms with Gasteiger partial charge in [-0.3, -0.25) is 9.69 Å². The number of phenols is 1. The summed E-state index contributed by atoms with van der Waals surface area (Å²) < 4.78 is 4.99. The van der Waals surface area contributed by atoms with Gasteiger partial charge in [-0.25, -0.2) is 9.78 Å². The Morgan fingerprint density at radius 1 is 1.14 bits per heavy atom. The van der Waals surface area contributed by atoms with E-state index in [4.69, 9.17) is 4.74 Å². The largest absolute Gasteiger partial charge is 0.506 e. The molecule has 2 aromatic carbocycles. The van der Waals surface area contributed by atoms with Crippen LogP contribution in [0.5, 0.6) is 5.75 Å². The summed E-state index contributed by atoms with van der Waals surface area (Å²) in [5.74, 6) is -0.229. The minimum atomic E-state index is -0.384. The molecule has 0 aliphatic carbocycles. The maximum atomic E-state index is 12.3. The highest BCUT2D eigenvalue weighted by Crippen LogP contribution is 2.39. The quantitative estimate of drug-likeness (QED) is 0.717. The molecule has 3 heterocycles. The SMILES string of the molecule is O=C1C[C@H](c2ccc3cccc(O)c3n2)c2ccc(N3CCOC3=O)cc2N1. The first-order valence-electron chi connectivity index (χ1n) is 9.07. The lowest BCUT2D eigenvalue weighted by atomic mass is 9.87. The molecule has 2 aliphatic rings. The Morgan fingerprint density at radius 3 is 2.86 bits per heavy atom. The first kappa shape index (κ1) is 16.6. The number of nitrogens with one attached hydrogen (secondary N) is 1. The third kappa shape index (κ3) is 2.63. The van der Waals surface area contributed by atoms with Gasteiger partial charge in [0.05, 0.1) is 6.54 Å². The van der Waals surface area contributed by atoms with Crippen molar-refractivity contribution in [2.24, 2.45) is 0 Å². The Kier molecular flexibility index (Phi) is 3.68. The molecule has 0 spiro atoms. The third-order valence-electron chi connectivity index (χ3n) is 5.23. The number of pyridine rings is 1. The summed E-state index contributed by atoms with van der Waals surface area (Å²) in [6.07, 6.45) is -0.116. The molecule has 2 N–H and O–H groups in total. The molecule has 5 rings (SSSR count). The second kappa shape index (κ2) is 6.23. The number of carbonyl (C=O) groups is 2. The summed E-state index contributed by atoms with van der Waals surface area (Å²) in [5.41, 5.74) is 3.52. The molecule has 0 saturated carbocycles. The zero-order valence-corrected chi connectivity index (χ0v) is 14.9. The number of amides is 2. The first-order chi connectivity index (χ1) is 13.6. The maximum Gasteiger partial charge on any atom is 0.414 e. The number of cyclic esters (lactones) is 1. The van der Waals surface area contributed by atoms with Gasteiger partial charge in [-0.15, -0.1) is 0 Å². The van der Waals surface area contributed by atoms with Crippen LogP contribution in [0.1, 0.15) is 23.6 Å².